The quantitative estimate of drug-likeness (QED) is 0.544. The van der Waals surface area contributed by atoms with Crippen molar-refractivity contribution in [3.8, 4) is 0 Å². The summed E-state index contributed by atoms with van der Waals surface area (Å²) in [5.41, 5.74) is 5.02. The van der Waals surface area contributed by atoms with Crippen LogP contribution in [0.1, 0.15) is 9.75 Å². The number of hydrogen-bond donors (Lipinski definition) is 1. The summed E-state index contributed by atoms with van der Waals surface area (Å²) in [4.78, 5) is 2.69. The van der Waals surface area contributed by atoms with E-state index in [0.29, 0.717) is 0 Å². The van der Waals surface area contributed by atoms with Crippen molar-refractivity contribution in [3.63, 3.8) is 0 Å². The maximum atomic E-state index is 3.85. The lowest BCUT2D eigenvalue weighted by molar-refractivity contribution is -0.255. The fourth-order valence-electron chi connectivity index (χ4n) is 0.683. The summed E-state index contributed by atoms with van der Waals surface area (Å²) in [5, 5.41) is 0. The van der Waals surface area contributed by atoms with Crippen LogP contribution in [0.4, 0.5) is 5.69 Å². The standard InChI is InChI=1S/C6H9NS/c1-4-3-6(7)5(2)8-4/h3H,7H2,1-2H3/p+1. The SMILES string of the molecule is Cc1cc([NH3+])c(C)s1. The molecular formula is C6H10NS+. The molecule has 0 amide bonds. The summed E-state index contributed by atoms with van der Waals surface area (Å²) in [5.74, 6) is 0. The molecule has 0 aromatic carbocycles. The molecule has 3 N–H and O–H groups in total. The van der Waals surface area contributed by atoms with Gasteiger partial charge < -0.3 is 5.73 Å². The summed E-state index contributed by atoms with van der Waals surface area (Å²) in [7, 11) is 0. The Morgan fingerprint density at radius 3 is 2.25 bits per heavy atom. The highest BCUT2D eigenvalue weighted by Crippen LogP contribution is 2.20. The number of aryl methyl sites for hydroxylation is 2. The molecule has 0 fully saturated rings. The highest BCUT2D eigenvalue weighted by Gasteiger charge is 1.98. The van der Waals surface area contributed by atoms with E-state index < -0.39 is 0 Å². The van der Waals surface area contributed by atoms with Gasteiger partial charge in [0.05, 0.1) is 4.88 Å². The van der Waals surface area contributed by atoms with E-state index in [2.05, 4.69) is 25.6 Å². The first-order chi connectivity index (χ1) is 3.70. The molecule has 0 spiro atoms. The van der Waals surface area contributed by atoms with Crippen LogP contribution in [0.25, 0.3) is 0 Å². The van der Waals surface area contributed by atoms with Gasteiger partial charge in [0.15, 0.2) is 0 Å². The van der Waals surface area contributed by atoms with Gasteiger partial charge in [-0.2, -0.15) is 0 Å². The Morgan fingerprint density at radius 2 is 2.12 bits per heavy atom. The minimum absolute atomic E-state index is 1.17. The van der Waals surface area contributed by atoms with E-state index in [4.69, 9.17) is 0 Å². The lowest BCUT2D eigenvalue weighted by Gasteiger charge is -1.75. The zero-order chi connectivity index (χ0) is 6.15. The lowest BCUT2D eigenvalue weighted by atomic mass is 10.4. The van der Waals surface area contributed by atoms with Gasteiger partial charge in [0, 0.05) is 10.9 Å². The van der Waals surface area contributed by atoms with Crippen LogP contribution >= 0.6 is 11.3 Å². The maximum Gasteiger partial charge on any atom is 0.141 e. The Kier molecular flexibility index (Phi) is 1.36. The Morgan fingerprint density at radius 1 is 1.50 bits per heavy atom. The van der Waals surface area contributed by atoms with Crippen LogP contribution in [0.2, 0.25) is 0 Å². The first kappa shape index (κ1) is 5.79. The van der Waals surface area contributed by atoms with Gasteiger partial charge >= 0.3 is 0 Å². The van der Waals surface area contributed by atoms with Crippen molar-refractivity contribution in [3.05, 3.63) is 15.8 Å². The molecule has 0 aliphatic rings. The van der Waals surface area contributed by atoms with Crippen LogP contribution in [0.5, 0.6) is 0 Å². The molecule has 0 radical (unpaired) electrons. The zero-order valence-corrected chi connectivity index (χ0v) is 6.01. The van der Waals surface area contributed by atoms with Crippen LogP contribution in [-0.4, -0.2) is 0 Å². The van der Waals surface area contributed by atoms with Crippen molar-refractivity contribution in [2.75, 3.05) is 0 Å². The molecule has 1 aromatic heterocycles. The summed E-state index contributed by atoms with van der Waals surface area (Å²) < 4.78 is 0. The molecule has 0 bridgehead atoms. The number of thiophene rings is 1. The van der Waals surface area contributed by atoms with E-state index in [1.165, 1.54) is 15.4 Å². The molecular weight excluding hydrogens is 118 g/mol. The molecule has 0 aliphatic carbocycles. The van der Waals surface area contributed by atoms with Gasteiger partial charge in [0.25, 0.3) is 0 Å². The molecule has 0 aliphatic heterocycles. The van der Waals surface area contributed by atoms with Gasteiger partial charge in [-0.3, -0.25) is 0 Å². The van der Waals surface area contributed by atoms with Crippen LogP contribution < -0.4 is 5.73 Å². The van der Waals surface area contributed by atoms with Gasteiger partial charge in [-0.05, 0) is 13.8 Å². The van der Waals surface area contributed by atoms with Gasteiger partial charge in [0.2, 0.25) is 0 Å². The summed E-state index contributed by atoms with van der Waals surface area (Å²) in [6.07, 6.45) is 0. The van der Waals surface area contributed by atoms with Crippen LogP contribution in [-0.2, 0) is 0 Å². The average Bonchev–Trinajstić information content (AvgIpc) is 1.85. The second-order valence-electron chi connectivity index (χ2n) is 1.94. The summed E-state index contributed by atoms with van der Waals surface area (Å²) in [6.45, 7) is 4.20. The van der Waals surface area contributed by atoms with Crippen molar-refractivity contribution in [1.29, 1.82) is 0 Å². The van der Waals surface area contributed by atoms with E-state index in [1.807, 2.05) is 0 Å². The second-order valence-corrected chi connectivity index (χ2v) is 3.40. The molecule has 8 heavy (non-hydrogen) atoms. The third-order valence-electron chi connectivity index (χ3n) is 1.14. The largest absolute Gasteiger partial charge is 0.324 e. The predicted octanol–water partition coefficient (Wildman–Crippen LogP) is 1.24. The predicted molar refractivity (Wildman–Crippen MR) is 36.3 cm³/mol. The first-order valence-electron chi connectivity index (χ1n) is 2.59. The lowest BCUT2D eigenvalue weighted by Crippen LogP contribution is -2.40. The number of hydrogen-bond acceptors (Lipinski definition) is 1. The molecule has 2 heteroatoms. The van der Waals surface area contributed by atoms with E-state index in [9.17, 15) is 0 Å². The average molecular weight is 128 g/mol. The van der Waals surface area contributed by atoms with Gasteiger partial charge in [-0.15, -0.1) is 11.3 Å². The van der Waals surface area contributed by atoms with Gasteiger partial charge in [0.1, 0.15) is 5.69 Å². The number of quaternary nitrogens is 1. The van der Waals surface area contributed by atoms with E-state index in [1.54, 1.807) is 11.3 Å². The Balaban J connectivity index is 3.14. The molecule has 0 saturated carbocycles. The van der Waals surface area contributed by atoms with Gasteiger partial charge in [-0.1, -0.05) is 0 Å². The third-order valence-corrected chi connectivity index (χ3v) is 2.15. The van der Waals surface area contributed by atoms with Gasteiger partial charge in [-0.25, -0.2) is 0 Å². The molecule has 1 rings (SSSR count). The van der Waals surface area contributed by atoms with Crippen LogP contribution in [0.3, 0.4) is 0 Å². The minimum atomic E-state index is 1.17. The Hall–Kier alpha value is -0.340. The first-order valence-corrected chi connectivity index (χ1v) is 3.41. The van der Waals surface area contributed by atoms with E-state index in [-0.39, 0.29) is 0 Å². The highest BCUT2D eigenvalue weighted by atomic mass is 32.1. The summed E-state index contributed by atoms with van der Waals surface area (Å²) >= 11 is 1.81. The Bertz CT molecular complexity index is 171. The zero-order valence-electron chi connectivity index (χ0n) is 5.19. The van der Waals surface area contributed by atoms with E-state index in [0.717, 1.165) is 0 Å². The molecule has 1 nitrogen and oxygen atoms in total. The topological polar surface area (TPSA) is 27.6 Å². The third kappa shape index (κ3) is 0.904. The molecule has 1 aromatic rings. The van der Waals surface area contributed by atoms with Crippen LogP contribution in [0.15, 0.2) is 6.07 Å². The van der Waals surface area contributed by atoms with E-state index >= 15 is 0 Å². The normalized spacial score (nSPS) is 9.88. The molecule has 0 saturated heterocycles. The highest BCUT2D eigenvalue weighted by molar-refractivity contribution is 7.12. The molecule has 44 valence electrons. The van der Waals surface area contributed by atoms with Crippen molar-refractivity contribution < 1.29 is 5.73 Å². The van der Waals surface area contributed by atoms with Crippen molar-refractivity contribution in [2.45, 2.75) is 13.8 Å². The van der Waals surface area contributed by atoms with Crippen molar-refractivity contribution in [1.82, 2.24) is 0 Å². The van der Waals surface area contributed by atoms with Crippen LogP contribution in [0, 0.1) is 13.8 Å². The minimum Gasteiger partial charge on any atom is -0.324 e. The van der Waals surface area contributed by atoms with Crippen molar-refractivity contribution >= 4 is 17.0 Å². The fraction of sp³-hybridized carbons (Fsp3) is 0.333. The monoisotopic (exact) mass is 128 g/mol. The maximum absolute atomic E-state index is 3.85. The summed E-state index contributed by atoms with van der Waals surface area (Å²) in [6, 6.07) is 2.11. The molecule has 0 unspecified atom stereocenters. The van der Waals surface area contributed by atoms with Crippen molar-refractivity contribution in [2.24, 2.45) is 0 Å². The molecule has 0 atom stereocenters. The number of rotatable bonds is 0. The Labute approximate surface area is 53.1 Å². The molecule has 1 heterocycles. The second kappa shape index (κ2) is 1.88. The smallest absolute Gasteiger partial charge is 0.141 e. The fourth-order valence-corrected chi connectivity index (χ4v) is 1.56.